The standard InChI is InChI=1S/C26H53N/c1-5-8-11-14-17-24(18-15-12-9-6-2)26-20-22-27-21-19-25(26)23(4)16-13-10-7-3/h23-27H,5-22H2,1-4H3. The maximum Gasteiger partial charge on any atom is -0.00461 e. The molecule has 0 bridgehead atoms. The highest BCUT2D eigenvalue weighted by atomic mass is 14.9. The van der Waals surface area contributed by atoms with Crippen molar-refractivity contribution in [3.05, 3.63) is 0 Å². The fourth-order valence-electron chi connectivity index (χ4n) is 5.55. The van der Waals surface area contributed by atoms with Crippen LogP contribution in [0, 0.1) is 23.7 Å². The quantitative estimate of drug-likeness (QED) is 0.265. The van der Waals surface area contributed by atoms with Crippen LogP contribution in [0.2, 0.25) is 0 Å². The Morgan fingerprint density at radius 3 is 1.67 bits per heavy atom. The van der Waals surface area contributed by atoms with Gasteiger partial charge in [-0.3, -0.25) is 0 Å². The van der Waals surface area contributed by atoms with Crippen molar-refractivity contribution in [2.45, 2.75) is 130 Å². The van der Waals surface area contributed by atoms with Gasteiger partial charge in [0.2, 0.25) is 0 Å². The normalized spacial score (nSPS) is 22.1. The van der Waals surface area contributed by atoms with E-state index in [1.807, 2.05) is 0 Å². The lowest BCUT2D eigenvalue weighted by Gasteiger charge is -2.36. The summed E-state index contributed by atoms with van der Waals surface area (Å²) in [7, 11) is 0. The van der Waals surface area contributed by atoms with E-state index in [9.17, 15) is 0 Å². The number of unbranched alkanes of at least 4 members (excludes halogenated alkanes) is 8. The van der Waals surface area contributed by atoms with Crippen molar-refractivity contribution in [1.82, 2.24) is 5.32 Å². The molecule has 0 aromatic carbocycles. The van der Waals surface area contributed by atoms with Gasteiger partial charge in [-0.2, -0.15) is 0 Å². The summed E-state index contributed by atoms with van der Waals surface area (Å²) in [6.45, 7) is 12.1. The van der Waals surface area contributed by atoms with Crippen molar-refractivity contribution >= 4 is 0 Å². The molecule has 1 aliphatic rings. The fourth-order valence-corrected chi connectivity index (χ4v) is 5.55. The van der Waals surface area contributed by atoms with Crippen molar-refractivity contribution in [3.8, 4) is 0 Å². The molecule has 1 heterocycles. The van der Waals surface area contributed by atoms with Crippen LogP contribution >= 0.6 is 0 Å². The Morgan fingerprint density at radius 1 is 0.630 bits per heavy atom. The Balaban J connectivity index is 2.69. The fraction of sp³-hybridized carbons (Fsp3) is 1.00. The smallest absolute Gasteiger partial charge is 0.00461 e. The zero-order valence-corrected chi connectivity index (χ0v) is 19.5. The lowest BCUT2D eigenvalue weighted by Crippen LogP contribution is -2.29. The highest BCUT2D eigenvalue weighted by Crippen LogP contribution is 2.40. The molecule has 0 aliphatic carbocycles. The molecule has 1 nitrogen and oxygen atoms in total. The van der Waals surface area contributed by atoms with Gasteiger partial charge in [-0.25, -0.2) is 0 Å². The predicted molar refractivity (Wildman–Crippen MR) is 123 cm³/mol. The largest absolute Gasteiger partial charge is 0.317 e. The average molecular weight is 380 g/mol. The van der Waals surface area contributed by atoms with Crippen LogP contribution in [0.25, 0.3) is 0 Å². The Labute approximate surface area is 172 Å². The van der Waals surface area contributed by atoms with E-state index >= 15 is 0 Å². The van der Waals surface area contributed by atoms with Crippen molar-refractivity contribution in [1.29, 1.82) is 0 Å². The van der Waals surface area contributed by atoms with Gasteiger partial charge in [0.25, 0.3) is 0 Å². The van der Waals surface area contributed by atoms with Gasteiger partial charge in [0.1, 0.15) is 0 Å². The molecule has 0 aromatic heterocycles. The summed E-state index contributed by atoms with van der Waals surface area (Å²) in [6.07, 6.45) is 23.1. The van der Waals surface area contributed by atoms with E-state index in [2.05, 4.69) is 33.0 Å². The SMILES string of the molecule is CCCCCCC(CCCCCC)C1CCNCCC1C(C)CCCCC. The molecule has 0 spiro atoms. The van der Waals surface area contributed by atoms with E-state index in [1.165, 1.54) is 116 Å². The third-order valence-electron chi connectivity index (χ3n) is 7.32. The Bertz CT molecular complexity index is 301. The highest BCUT2D eigenvalue weighted by molar-refractivity contribution is 4.84. The lowest BCUT2D eigenvalue weighted by atomic mass is 9.69. The molecule has 27 heavy (non-hydrogen) atoms. The van der Waals surface area contributed by atoms with Gasteiger partial charge in [-0.1, -0.05) is 118 Å². The van der Waals surface area contributed by atoms with Gasteiger partial charge in [0.15, 0.2) is 0 Å². The topological polar surface area (TPSA) is 12.0 Å². The molecule has 1 aliphatic heterocycles. The van der Waals surface area contributed by atoms with Crippen molar-refractivity contribution in [3.63, 3.8) is 0 Å². The second kappa shape index (κ2) is 16.9. The van der Waals surface area contributed by atoms with E-state index in [1.54, 1.807) is 0 Å². The monoisotopic (exact) mass is 379 g/mol. The zero-order valence-electron chi connectivity index (χ0n) is 19.5. The van der Waals surface area contributed by atoms with Gasteiger partial charge in [0.05, 0.1) is 0 Å². The lowest BCUT2D eigenvalue weighted by molar-refractivity contribution is 0.136. The molecule has 0 amide bonds. The van der Waals surface area contributed by atoms with E-state index in [-0.39, 0.29) is 0 Å². The second-order valence-corrected chi connectivity index (χ2v) is 9.59. The summed E-state index contributed by atoms with van der Waals surface area (Å²) in [5, 5.41) is 3.74. The first-order chi connectivity index (χ1) is 13.2. The number of hydrogen-bond donors (Lipinski definition) is 1. The van der Waals surface area contributed by atoms with E-state index < -0.39 is 0 Å². The van der Waals surface area contributed by atoms with E-state index in [0.29, 0.717) is 0 Å². The molecule has 1 rings (SSSR count). The van der Waals surface area contributed by atoms with Gasteiger partial charge in [-0.15, -0.1) is 0 Å². The molecule has 1 fully saturated rings. The maximum atomic E-state index is 3.74. The third kappa shape index (κ3) is 10.9. The summed E-state index contributed by atoms with van der Waals surface area (Å²) >= 11 is 0. The first-order valence-electron chi connectivity index (χ1n) is 12.9. The summed E-state index contributed by atoms with van der Waals surface area (Å²) in [5.74, 6) is 3.88. The Hall–Kier alpha value is -0.0400. The van der Waals surface area contributed by atoms with Crippen LogP contribution < -0.4 is 5.32 Å². The maximum absolute atomic E-state index is 3.74. The minimum atomic E-state index is 0.926. The first kappa shape index (κ1) is 25.0. The third-order valence-corrected chi connectivity index (χ3v) is 7.32. The van der Waals surface area contributed by atoms with Gasteiger partial charge >= 0.3 is 0 Å². The predicted octanol–water partition coefficient (Wildman–Crippen LogP) is 8.38. The van der Waals surface area contributed by atoms with Crippen LogP contribution in [-0.2, 0) is 0 Å². The van der Waals surface area contributed by atoms with Crippen molar-refractivity contribution in [2.24, 2.45) is 23.7 Å². The zero-order chi connectivity index (χ0) is 19.7. The van der Waals surface area contributed by atoms with Crippen LogP contribution in [0.5, 0.6) is 0 Å². The minimum absolute atomic E-state index is 0.926. The van der Waals surface area contributed by atoms with Crippen LogP contribution in [0.4, 0.5) is 0 Å². The highest BCUT2D eigenvalue weighted by Gasteiger charge is 2.33. The molecule has 0 saturated carbocycles. The van der Waals surface area contributed by atoms with Gasteiger partial charge < -0.3 is 5.32 Å². The summed E-state index contributed by atoms with van der Waals surface area (Å²) in [5.41, 5.74) is 0. The average Bonchev–Trinajstić information content (AvgIpc) is 2.93. The number of nitrogens with one attached hydrogen (secondary N) is 1. The molecule has 0 aromatic rings. The number of rotatable bonds is 16. The summed E-state index contributed by atoms with van der Waals surface area (Å²) in [6, 6.07) is 0. The van der Waals surface area contributed by atoms with E-state index in [4.69, 9.17) is 0 Å². The molecule has 0 radical (unpaired) electrons. The van der Waals surface area contributed by atoms with Crippen LogP contribution in [-0.4, -0.2) is 13.1 Å². The molecule has 3 unspecified atom stereocenters. The minimum Gasteiger partial charge on any atom is -0.317 e. The first-order valence-corrected chi connectivity index (χ1v) is 12.9. The van der Waals surface area contributed by atoms with Crippen molar-refractivity contribution < 1.29 is 0 Å². The second-order valence-electron chi connectivity index (χ2n) is 9.59. The molecule has 1 N–H and O–H groups in total. The van der Waals surface area contributed by atoms with Crippen LogP contribution in [0.1, 0.15) is 130 Å². The number of hydrogen-bond acceptors (Lipinski definition) is 1. The Kier molecular flexibility index (Phi) is 15.6. The molecular weight excluding hydrogens is 326 g/mol. The van der Waals surface area contributed by atoms with Crippen molar-refractivity contribution in [2.75, 3.05) is 13.1 Å². The molecule has 1 saturated heterocycles. The summed E-state index contributed by atoms with van der Waals surface area (Å²) in [4.78, 5) is 0. The molecule has 1 heteroatoms. The van der Waals surface area contributed by atoms with Crippen LogP contribution in [0.15, 0.2) is 0 Å². The van der Waals surface area contributed by atoms with Crippen LogP contribution in [0.3, 0.4) is 0 Å². The Morgan fingerprint density at radius 2 is 1.11 bits per heavy atom. The molecule has 162 valence electrons. The summed E-state index contributed by atoms with van der Waals surface area (Å²) < 4.78 is 0. The van der Waals surface area contributed by atoms with Gasteiger partial charge in [-0.05, 0) is 49.6 Å². The molecule has 3 atom stereocenters. The van der Waals surface area contributed by atoms with Gasteiger partial charge in [0, 0.05) is 0 Å². The van der Waals surface area contributed by atoms with E-state index in [0.717, 1.165) is 23.7 Å². The molecular formula is C26H53N.